The third-order valence-corrected chi connectivity index (χ3v) is 4.80. The summed E-state index contributed by atoms with van der Waals surface area (Å²) < 4.78 is 5.40. The van der Waals surface area contributed by atoms with Crippen LogP contribution >= 0.6 is 24.0 Å². The molecule has 0 unspecified atom stereocenters. The highest BCUT2D eigenvalue weighted by atomic mass is 127. The Kier molecular flexibility index (Phi) is 8.63. The number of guanidine groups is 1. The van der Waals surface area contributed by atoms with Crippen LogP contribution in [0.5, 0.6) is 5.75 Å². The van der Waals surface area contributed by atoms with Gasteiger partial charge in [0.15, 0.2) is 5.96 Å². The molecule has 28 heavy (non-hydrogen) atoms. The Labute approximate surface area is 184 Å². The van der Waals surface area contributed by atoms with Gasteiger partial charge in [-0.1, -0.05) is 36.4 Å². The molecule has 5 nitrogen and oxygen atoms in total. The molecule has 1 aromatic heterocycles. The first kappa shape index (κ1) is 22.1. The second kappa shape index (κ2) is 10.9. The molecule has 2 aromatic carbocycles. The number of nitrogens with one attached hydrogen (secondary N) is 3. The number of hydrogen-bond acceptors (Lipinski definition) is 2. The van der Waals surface area contributed by atoms with E-state index in [1.807, 2.05) is 18.2 Å². The SMILES string of the molecule is CN=C(NCCc1ccccc1OC)NCCc1c[nH]c2c(C)cccc12.I. The predicted molar refractivity (Wildman–Crippen MR) is 128 cm³/mol. The highest BCUT2D eigenvalue weighted by Gasteiger charge is 2.06. The number of fused-ring (bicyclic) bond motifs is 1. The summed E-state index contributed by atoms with van der Waals surface area (Å²) >= 11 is 0. The summed E-state index contributed by atoms with van der Waals surface area (Å²) in [5.74, 6) is 1.75. The van der Waals surface area contributed by atoms with E-state index in [0.717, 1.165) is 37.6 Å². The van der Waals surface area contributed by atoms with Gasteiger partial charge in [0.1, 0.15) is 5.75 Å². The number of halogens is 1. The molecule has 0 radical (unpaired) electrons. The number of aryl methyl sites for hydroxylation is 1. The zero-order valence-electron chi connectivity index (χ0n) is 16.7. The van der Waals surface area contributed by atoms with Gasteiger partial charge < -0.3 is 20.4 Å². The Morgan fingerprint density at radius 3 is 2.43 bits per heavy atom. The quantitative estimate of drug-likeness (QED) is 0.265. The van der Waals surface area contributed by atoms with Crippen LogP contribution in [0.3, 0.4) is 0 Å². The number of hydrogen-bond donors (Lipinski definition) is 3. The number of methoxy groups -OCH3 is 1. The fraction of sp³-hybridized carbons (Fsp3) is 0.318. The first-order chi connectivity index (χ1) is 13.2. The van der Waals surface area contributed by atoms with Crippen molar-refractivity contribution in [2.45, 2.75) is 19.8 Å². The number of benzene rings is 2. The lowest BCUT2D eigenvalue weighted by molar-refractivity contribution is 0.409. The van der Waals surface area contributed by atoms with Crippen molar-refractivity contribution in [2.24, 2.45) is 4.99 Å². The van der Waals surface area contributed by atoms with Gasteiger partial charge in [-0.3, -0.25) is 4.99 Å². The van der Waals surface area contributed by atoms with Crippen LogP contribution in [0, 0.1) is 6.92 Å². The molecule has 0 aliphatic carbocycles. The molecule has 3 aromatic rings. The standard InChI is InChI=1S/C22H28N4O.HI/c1-16-7-6-9-19-18(15-26-21(16)19)12-14-25-22(23-2)24-13-11-17-8-4-5-10-20(17)27-3;/h4-10,15,26H,11-14H2,1-3H3,(H2,23,24,25);1H. The summed E-state index contributed by atoms with van der Waals surface area (Å²) in [7, 11) is 3.51. The molecule has 0 saturated heterocycles. The summed E-state index contributed by atoms with van der Waals surface area (Å²) in [6.07, 6.45) is 3.93. The van der Waals surface area contributed by atoms with Crippen LogP contribution in [-0.2, 0) is 12.8 Å². The molecule has 0 spiro atoms. The van der Waals surface area contributed by atoms with Gasteiger partial charge in [-0.05, 0) is 42.5 Å². The number of rotatable bonds is 7. The molecule has 0 bridgehead atoms. The number of aromatic nitrogens is 1. The van der Waals surface area contributed by atoms with Crippen LogP contribution in [0.15, 0.2) is 53.7 Å². The lowest BCUT2D eigenvalue weighted by Gasteiger charge is -2.13. The van der Waals surface area contributed by atoms with Gasteiger partial charge in [0.25, 0.3) is 0 Å². The molecule has 3 rings (SSSR count). The number of ether oxygens (including phenoxy) is 1. The van der Waals surface area contributed by atoms with Crippen LogP contribution in [-0.4, -0.2) is 38.2 Å². The van der Waals surface area contributed by atoms with Crippen LogP contribution in [0.25, 0.3) is 10.9 Å². The van der Waals surface area contributed by atoms with Crippen LogP contribution in [0.4, 0.5) is 0 Å². The molecule has 150 valence electrons. The largest absolute Gasteiger partial charge is 0.496 e. The Bertz CT molecular complexity index is 920. The zero-order valence-corrected chi connectivity index (χ0v) is 19.0. The molecule has 0 saturated carbocycles. The molecule has 0 aliphatic rings. The number of aromatic amines is 1. The van der Waals surface area contributed by atoms with E-state index in [9.17, 15) is 0 Å². The zero-order chi connectivity index (χ0) is 19.1. The highest BCUT2D eigenvalue weighted by Crippen LogP contribution is 2.21. The van der Waals surface area contributed by atoms with Gasteiger partial charge in [0.2, 0.25) is 0 Å². The summed E-state index contributed by atoms with van der Waals surface area (Å²) in [5, 5.41) is 8.07. The summed E-state index contributed by atoms with van der Waals surface area (Å²) in [4.78, 5) is 7.70. The molecule has 0 amide bonds. The molecular formula is C22H29IN4O. The van der Waals surface area contributed by atoms with E-state index in [-0.39, 0.29) is 24.0 Å². The maximum atomic E-state index is 5.40. The molecule has 0 aliphatic heterocycles. The van der Waals surface area contributed by atoms with Gasteiger partial charge in [-0.2, -0.15) is 0 Å². The Hall–Kier alpha value is -2.22. The number of H-pyrrole nitrogens is 1. The minimum atomic E-state index is 0. The second-order valence-corrected chi connectivity index (χ2v) is 6.55. The van der Waals surface area contributed by atoms with Crippen molar-refractivity contribution in [1.82, 2.24) is 15.6 Å². The molecule has 6 heteroatoms. The molecule has 1 heterocycles. The lowest BCUT2D eigenvalue weighted by atomic mass is 10.1. The van der Waals surface area contributed by atoms with E-state index in [1.165, 1.54) is 27.6 Å². The smallest absolute Gasteiger partial charge is 0.190 e. The molecule has 0 atom stereocenters. The Morgan fingerprint density at radius 2 is 1.71 bits per heavy atom. The summed E-state index contributed by atoms with van der Waals surface area (Å²) in [6, 6.07) is 14.5. The monoisotopic (exact) mass is 492 g/mol. The van der Waals surface area contributed by atoms with Gasteiger partial charge in [-0.15, -0.1) is 24.0 Å². The van der Waals surface area contributed by atoms with E-state index < -0.39 is 0 Å². The van der Waals surface area contributed by atoms with Gasteiger partial charge in [0.05, 0.1) is 7.11 Å². The fourth-order valence-electron chi connectivity index (χ4n) is 3.33. The average Bonchev–Trinajstić information content (AvgIpc) is 3.11. The third kappa shape index (κ3) is 5.41. The number of para-hydroxylation sites is 2. The maximum Gasteiger partial charge on any atom is 0.190 e. The first-order valence-electron chi connectivity index (χ1n) is 9.35. The normalized spacial score (nSPS) is 11.2. The van der Waals surface area contributed by atoms with Crippen LogP contribution in [0.2, 0.25) is 0 Å². The Morgan fingerprint density at radius 1 is 1.00 bits per heavy atom. The van der Waals surface area contributed by atoms with Crippen molar-refractivity contribution in [3.8, 4) is 5.75 Å². The topological polar surface area (TPSA) is 61.4 Å². The van der Waals surface area contributed by atoms with E-state index in [4.69, 9.17) is 4.74 Å². The average molecular weight is 492 g/mol. The first-order valence-corrected chi connectivity index (χ1v) is 9.35. The van der Waals surface area contributed by atoms with E-state index in [2.05, 4.69) is 58.0 Å². The van der Waals surface area contributed by atoms with E-state index in [1.54, 1.807) is 14.2 Å². The van der Waals surface area contributed by atoms with E-state index >= 15 is 0 Å². The number of aliphatic imine (C=N–C) groups is 1. The third-order valence-electron chi connectivity index (χ3n) is 4.80. The fourth-order valence-corrected chi connectivity index (χ4v) is 3.33. The lowest BCUT2D eigenvalue weighted by Crippen LogP contribution is -2.39. The van der Waals surface area contributed by atoms with Crippen molar-refractivity contribution in [2.75, 3.05) is 27.2 Å². The van der Waals surface area contributed by atoms with Crippen LogP contribution in [0.1, 0.15) is 16.7 Å². The number of nitrogens with zero attached hydrogens (tertiary/aromatic N) is 1. The summed E-state index contributed by atoms with van der Waals surface area (Å²) in [5.41, 5.74) is 5.02. The highest BCUT2D eigenvalue weighted by molar-refractivity contribution is 14.0. The van der Waals surface area contributed by atoms with Crippen molar-refractivity contribution >= 4 is 40.8 Å². The maximum absolute atomic E-state index is 5.40. The van der Waals surface area contributed by atoms with Crippen molar-refractivity contribution in [3.63, 3.8) is 0 Å². The van der Waals surface area contributed by atoms with Crippen molar-refractivity contribution in [3.05, 3.63) is 65.4 Å². The minimum absolute atomic E-state index is 0. The van der Waals surface area contributed by atoms with Gasteiger partial charge >= 0.3 is 0 Å². The van der Waals surface area contributed by atoms with Crippen molar-refractivity contribution in [1.29, 1.82) is 0 Å². The van der Waals surface area contributed by atoms with Gasteiger partial charge in [0, 0.05) is 37.2 Å². The van der Waals surface area contributed by atoms with Crippen LogP contribution < -0.4 is 15.4 Å². The Balaban J connectivity index is 0.00000280. The molecular weight excluding hydrogens is 463 g/mol. The van der Waals surface area contributed by atoms with Crippen molar-refractivity contribution < 1.29 is 4.74 Å². The van der Waals surface area contributed by atoms with Gasteiger partial charge in [-0.25, -0.2) is 0 Å². The predicted octanol–water partition coefficient (Wildman–Crippen LogP) is 4.05. The minimum Gasteiger partial charge on any atom is -0.496 e. The molecule has 3 N–H and O–H groups in total. The molecule has 0 fully saturated rings. The van der Waals surface area contributed by atoms with E-state index in [0.29, 0.717) is 0 Å². The summed E-state index contributed by atoms with van der Waals surface area (Å²) in [6.45, 7) is 3.76. The second-order valence-electron chi connectivity index (χ2n) is 6.55.